The van der Waals surface area contributed by atoms with Crippen LogP contribution in [0.2, 0.25) is 0 Å². The van der Waals surface area contributed by atoms with E-state index in [1.807, 2.05) is 13.8 Å². The lowest BCUT2D eigenvalue weighted by atomic mass is 10.3. The molecule has 0 radical (unpaired) electrons. The van der Waals surface area contributed by atoms with Crippen LogP contribution >= 0.6 is 0 Å². The maximum absolute atomic E-state index is 10.4. The molecule has 1 N–H and O–H groups in total. The molecule has 0 aliphatic rings. The van der Waals surface area contributed by atoms with Crippen LogP contribution in [-0.4, -0.2) is 43.3 Å². The van der Waals surface area contributed by atoms with Crippen molar-refractivity contribution in [3.63, 3.8) is 0 Å². The molecule has 0 aromatic rings. The van der Waals surface area contributed by atoms with Crippen LogP contribution in [0.4, 0.5) is 0 Å². The van der Waals surface area contributed by atoms with Gasteiger partial charge in [0.15, 0.2) is 6.29 Å². The van der Waals surface area contributed by atoms with E-state index in [-0.39, 0.29) is 19.3 Å². The predicted molar refractivity (Wildman–Crippen MR) is 54.3 cm³/mol. The number of hydrogen-bond acceptors (Lipinski definition) is 5. The highest BCUT2D eigenvalue weighted by Gasteiger charge is 2.06. The van der Waals surface area contributed by atoms with Crippen molar-refractivity contribution in [2.75, 3.05) is 19.8 Å². The molecule has 0 spiro atoms. The number of aliphatic hydroxyl groups is 1. The van der Waals surface area contributed by atoms with Gasteiger partial charge in [0, 0.05) is 6.92 Å². The Kier molecular flexibility index (Phi) is 8.27. The summed E-state index contributed by atoms with van der Waals surface area (Å²) in [6.07, 6.45) is 0.0596. The van der Waals surface area contributed by atoms with Gasteiger partial charge in [-0.2, -0.15) is 0 Å². The number of aliphatic hydroxyl groups excluding tert-OH is 1. The topological polar surface area (TPSA) is 65.0 Å². The molecule has 0 saturated carbocycles. The molecule has 0 aromatic heterocycles. The van der Waals surface area contributed by atoms with Gasteiger partial charge < -0.3 is 19.3 Å². The third-order valence-electron chi connectivity index (χ3n) is 1.80. The van der Waals surface area contributed by atoms with Crippen molar-refractivity contribution in [2.45, 2.75) is 39.6 Å². The Morgan fingerprint density at radius 3 is 2.47 bits per heavy atom. The molecule has 0 aliphatic carbocycles. The lowest BCUT2D eigenvalue weighted by molar-refractivity contribution is -0.167. The van der Waals surface area contributed by atoms with Crippen molar-refractivity contribution in [2.24, 2.45) is 0 Å². The summed E-state index contributed by atoms with van der Waals surface area (Å²) in [7, 11) is 0. The monoisotopic (exact) mass is 220 g/mol. The molecule has 5 nitrogen and oxygen atoms in total. The third kappa shape index (κ3) is 9.65. The second kappa shape index (κ2) is 8.64. The van der Waals surface area contributed by atoms with E-state index in [1.54, 1.807) is 0 Å². The minimum atomic E-state index is -1.07. The third-order valence-corrected chi connectivity index (χ3v) is 1.80. The van der Waals surface area contributed by atoms with E-state index in [9.17, 15) is 4.79 Å². The van der Waals surface area contributed by atoms with Crippen LogP contribution in [0.25, 0.3) is 0 Å². The first-order chi connectivity index (χ1) is 7.06. The summed E-state index contributed by atoms with van der Waals surface area (Å²) < 4.78 is 14.8. The van der Waals surface area contributed by atoms with E-state index in [0.29, 0.717) is 6.61 Å². The number of carbonyl (C=O) groups is 1. The number of esters is 1. The van der Waals surface area contributed by atoms with Crippen molar-refractivity contribution < 1.29 is 24.1 Å². The van der Waals surface area contributed by atoms with Gasteiger partial charge in [-0.1, -0.05) is 6.92 Å². The van der Waals surface area contributed by atoms with Crippen molar-refractivity contribution in [3.8, 4) is 0 Å². The highest BCUT2D eigenvalue weighted by Crippen LogP contribution is 1.96. The molecule has 2 unspecified atom stereocenters. The SMILES string of the molecule is CCC(C)OCCOC(O)COC(C)=O. The van der Waals surface area contributed by atoms with Crippen LogP contribution in [0.3, 0.4) is 0 Å². The van der Waals surface area contributed by atoms with Gasteiger partial charge >= 0.3 is 5.97 Å². The van der Waals surface area contributed by atoms with E-state index in [2.05, 4.69) is 4.74 Å². The molecule has 0 fully saturated rings. The minimum absolute atomic E-state index is 0.140. The Balaban J connectivity index is 3.31. The molecule has 0 aromatic carbocycles. The summed E-state index contributed by atoms with van der Waals surface area (Å²) >= 11 is 0. The molecule has 90 valence electrons. The highest BCUT2D eigenvalue weighted by molar-refractivity contribution is 5.65. The maximum Gasteiger partial charge on any atom is 0.302 e. The van der Waals surface area contributed by atoms with Gasteiger partial charge in [-0.15, -0.1) is 0 Å². The Morgan fingerprint density at radius 2 is 1.93 bits per heavy atom. The standard InChI is InChI=1S/C10H20O5/c1-4-8(2)13-5-6-14-10(12)7-15-9(3)11/h8,10,12H,4-7H2,1-3H3. The van der Waals surface area contributed by atoms with E-state index in [4.69, 9.17) is 14.6 Å². The van der Waals surface area contributed by atoms with Crippen LogP contribution < -0.4 is 0 Å². The van der Waals surface area contributed by atoms with E-state index >= 15 is 0 Å². The average Bonchev–Trinajstić information content (AvgIpc) is 2.21. The summed E-state index contributed by atoms with van der Waals surface area (Å²) in [6.45, 7) is 5.84. The van der Waals surface area contributed by atoms with Gasteiger partial charge in [-0.05, 0) is 13.3 Å². The number of ether oxygens (including phenoxy) is 3. The zero-order valence-corrected chi connectivity index (χ0v) is 9.56. The van der Waals surface area contributed by atoms with Gasteiger partial charge in [0.2, 0.25) is 0 Å². The Bertz CT molecular complexity index is 171. The zero-order chi connectivity index (χ0) is 11.7. The Morgan fingerprint density at radius 1 is 1.33 bits per heavy atom. The lowest BCUT2D eigenvalue weighted by Gasteiger charge is -2.13. The number of carbonyl (C=O) groups excluding carboxylic acids is 1. The van der Waals surface area contributed by atoms with Gasteiger partial charge in [-0.25, -0.2) is 0 Å². The van der Waals surface area contributed by atoms with Gasteiger partial charge in [0.05, 0.1) is 19.3 Å². The summed E-state index contributed by atoms with van der Waals surface area (Å²) in [5, 5.41) is 9.17. The normalized spacial score (nSPS) is 14.7. The molecule has 2 atom stereocenters. The van der Waals surface area contributed by atoms with E-state index in [1.165, 1.54) is 6.92 Å². The Hall–Kier alpha value is -0.650. The number of hydrogen-bond donors (Lipinski definition) is 1. The van der Waals surface area contributed by atoms with Crippen molar-refractivity contribution in [3.05, 3.63) is 0 Å². The second-order valence-electron chi connectivity index (χ2n) is 3.22. The van der Waals surface area contributed by atoms with E-state index < -0.39 is 12.3 Å². The molecule has 15 heavy (non-hydrogen) atoms. The predicted octanol–water partition coefficient (Wildman–Crippen LogP) is 0.700. The Labute approximate surface area is 90.3 Å². The first kappa shape index (κ1) is 14.3. The smallest absolute Gasteiger partial charge is 0.302 e. The summed E-state index contributed by atoms with van der Waals surface area (Å²) in [4.78, 5) is 10.4. The van der Waals surface area contributed by atoms with E-state index in [0.717, 1.165) is 6.42 Å². The fourth-order valence-corrected chi connectivity index (χ4v) is 0.788. The van der Waals surface area contributed by atoms with Gasteiger partial charge in [0.1, 0.15) is 6.61 Å². The van der Waals surface area contributed by atoms with Crippen molar-refractivity contribution in [1.82, 2.24) is 0 Å². The first-order valence-electron chi connectivity index (χ1n) is 5.10. The van der Waals surface area contributed by atoms with Crippen molar-refractivity contribution in [1.29, 1.82) is 0 Å². The first-order valence-corrected chi connectivity index (χ1v) is 5.10. The van der Waals surface area contributed by atoms with Crippen LogP contribution in [0, 0.1) is 0 Å². The van der Waals surface area contributed by atoms with Crippen LogP contribution in [0.15, 0.2) is 0 Å². The molecular formula is C10H20O5. The quantitative estimate of drug-likeness (QED) is 0.370. The molecule has 5 heteroatoms. The molecule has 0 bridgehead atoms. The van der Waals surface area contributed by atoms with Gasteiger partial charge in [0.25, 0.3) is 0 Å². The number of rotatable bonds is 8. The fourth-order valence-electron chi connectivity index (χ4n) is 0.788. The highest BCUT2D eigenvalue weighted by atomic mass is 16.6. The van der Waals surface area contributed by atoms with Crippen LogP contribution in [0.5, 0.6) is 0 Å². The van der Waals surface area contributed by atoms with Gasteiger partial charge in [-0.3, -0.25) is 4.79 Å². The molecule has 0 saturated heterocycles. The zero-order valence-electron chi connectivity index (χ0n) is 9.56. The van der Waals surface area contributed by atoms with Crippen LogP contribution in [0.1, 0.15) is 27.2 Å². The molecule has 0 aliphatic heterocycles. The largest absolute Gasteiger partial charge is 0.460 e. The lowest BCUT2D eigenvalue weighted by Crippen LogP contribution is -2.23. The summed E-state index contributed by atoms with van der Waals surface area (Å²) in [6, 6.07) is 0. The minimum Gasteiger partial charge on any atom is -0.460 e. The molecule has 0 amide bonds. The summed E-state index contributed by atoms with van der Waals surface area (Å²) in [5.41, 5.74) is 0. The maximum atomic E-state index is 10.4. The average molecular weight is 220 g/mol. The second-order valence-corrected chi connectivity index (χ2v) is 3.22. The molecular weight excluding hydrogens is 200 g/mol. The van der Waals surface area contributed by atoms with Crippen LogP contribution in [-0.2, 0) is 19.0 Å². The fraction of sp³-hybridized carbons (Fsp3) is 0.900. The summed E-state index contributed by atoms with van der Waals surface area (Å²) in [5.74, 6) is -0.437. The molecule has 0 heterocycles. The molecule has 0 rings (SSSR count). The van der Waals surface area contributed by atoms with Crippen molar-refractivity contribution >= 4 is 5.97 Å².